The number of nitrogens with one attached hydrogen (secondary N) is 1. The Morgan fingerprint density at radius 2 is 1.55 bits per heavy atom. The Bertz CT molecular complexity index is 1070. The fraction of sp³-hybridized carbons (Fsp3) is 0.167. The van der Waals surface area contributed by atoms with Gasteiger partial charge in [0.2, 0.25) is 0 Å². The smallest absolute Gasteiger partial charge is 0.416 e. The first-order chi connectivity index (χ1) is 14.6. The molecule has 0 radical (unpaired) electrons. The molecule has 0 bridgehead atoms. The molecule has 0 heterocycles. The second-order valence-corrected chi connectivity index (χ2v) is 7.00. The molecule has 1 amide bonds. The molecule has 1 atom stereocenters. The van der Waals surface area contributed by atoms with Gasteiger partial charge in [-0.05, 0) is 61.9 Å². The number of ether oxygens (including phenoxy) is 1. The first-order valence-electron chi connectivity index (χ1n) is 9.50. The van der Waals surface area contributed by atoms with Gasteiger partial charge in [-0.15, -0.1) is 0 Å². The fourth-order valence-electron chi connectivity index (χ4n) is 2.92. The lowest BCUT2D eigenvalue weighted by Crippen LogP contribution is -2.13. The molecule has 0 saturated heterocycles. The molecule has 0 aliphatic heterocycles. The van der Waals surface area contributed by atoms with Crippen LogP contribution in [-0.2, 0) is 6.18 Å². The number of amides is 1. The van der Waals surface area contributed by atoms with Gasteiger partial charge >= 0.3 is 6.18 Å². The zero-order chi connectivity index (χ0) is 22.6. The summed E-state index contributed by atoms with van der Waals surface area (Å²) < 4.78 is 43.9. The Balaban J connectivity index is 1.67. The van der Waals surface area contributed by atoms with Crippen molar-refractivity contribution in [3.63, 3.8) is 0 Å². The van der Waals surface area contributed by atoms with Crippen LogP contribution in [0.5, 0.6) is 5.75 Å². The van der Waals surface area contributed by atoms with E-state index in [1.165, 1.54) is 19.1 Å². The summed E-state index contributed by atoms with van der Waals surface area (Å²) in [5.41, 5.74) is 1.24. The number of Topliss-reactive ketones (excluding diaryl/α,β-unsaturated/α-hetero) is 1. The van der Waals surface area contributed by atoms with Crippen molar-refractivity contribution in [1.29, 1.82) is 0 Å². The summed E-state index contributed by atoms with van der Waals surface area (Å²) in [4.78, 5) is 23.9. The molecule has 0 aliphatic rings. The van der Waals surface area contributed by atoms with Crippen molar-refractivity contribution in [1.82, 2.24) is 0 Å². The van der Waals surface area contributed by atoms with Crippen LogP contribution in [0, 0.1) is 0 Å². The predicted molar refractivity (Wildman–Crippen MR) is 111 cm³/mol. The van der Waals surface area contributed by atoms with Gasteiger partial charge in [-0.3, -0.25) is 9.59 Å². The number of anilines is 1. The van der Waals surface area contributed by atoms with Crippen molar-refractivity contribution in [2.45, 2.75) is 26.1 Å². The van der Waals surface area contributed by atoms with Crippen molar-refractivity contribution in [3.8, 4) is 5.75 Å². The lowest BCUT2D eigenvalue weighted by Gasteiger charge is -2.16. The molecule has 160 valence electrons. The number of rotatable bonds is 6. The molecular formula is C24H20F3NO3. The number of benzene rings is 3. The van der Waals surface area contributed by atoms with Crippen LogP contribution in [-0.4, -0.2) is 11.7 Å². The maximum absolute atomic E-state index is 12.7. The van der Waals surface area contributed by atoms with Gasteiger partial charge in [0.1, 0.15) is 11.9 Å². The van der Waals surface area contributed by atoms with E-state index >= 15 is 0 Å². The zero-order valence-corrected chi connectivity index (χ0v) is 16.9. The largest absolute Gasteiger partial charge is 0.486 e. The average molecular weight is 427 g/mol. The van der Waals surface area contributed by atoms with Crippen LogP contribution in [0.25, 0.3) is 0 Å². The maximum Gasteiger partial charge on any atom is 0.416 e. The molecule has 3 aromatic rings. The van der Waals surface area contributed by atoms with Gasteiger partial charge < -0.3 is 10.1 Å². The third kappa shape index (κ3) is 5.72. The van der Waals surface area contributed by atoms with Crippen LogP contribution in [0.2, 0.25) is 0 Å². The van der Waals surface area contributed by atoms with E-state index < -0.39 is 17.6 Å². The van der Waals surface area contributed by atoms with Gasteiger partial charge in [-0.1, -0.05) is 30.3 Å². The molecule has 0 fully saturated rings. The summed E-state index contributed by atoms with van der Waals surface area (Å²) in [5.74, 6) is -0.0289. The van der Waals surface area contributed by atoms with Crippen molar-refractivity contribution < 1.29 is 27.5 Å². The number of halogens is 3. The first kappa shape index (κ1) is 22.1. The zero-order valence-electron chi connectivity index (χ0n) is 16.9. The fourth-order valence-corrected chi connectivity index (χ4v) is 2.92. The Morgan fingerprint density at radius 1 is 0.903 bits per heavy atom. The van der Waals surface area contributed by atoms with Crippen molar-refractivity contribution in [2.24, 2.45) is 0 Å². The lowest BCUT2D eigenvalue weighted by molar-refractivity contribution is -0.137. The van der Waals surface area contributed by atoms with E-state index in [9.17, 15) is 22.8 Å². The second kappa shape index (κ2) is 9.04. The molecule has 0 saturated carbocycles. The standard InChI is InChI=1S/C24H20F3NO3/c1-15(29)17-6-8-18(9-7-17)16(2)31-22-5-3-4-19(14-22)23(30)28-21-12-10-20(11-13-21)24(25,26)27/h3-14,16H,1-2H3,(H,28,30). The number of hydrogen-bond acceptors (Lipinski definition) is 3. The van der Waals surface area contributed by atoms with E-state index in [1.54, 1.807) is 36.4 Å². The Kier molecular flexibility index (Phi) is 6.44. The topological polar surface area (TPSA) is 55.4 Å². The number of alkyl halides is 3. The number of carbonyl (C=O) groups is 2. The van der Waals surface area contributed by atoms with Gasteiger partial charge in [0.15, 0.2) is 5.78 Å². The van der Waals surface area contributed by atoms with Crippen LogP contribution < -0.4 is 10.1 Å². The third-order valence-corrected chi connectivity index (χ3v) is 4.67. The molecule has 0 aliphatic carbocycles. The van der Waals surface area contributed by atoms with Crippen LogP contribution >= 0.6 is 0 Å². The predicted octanol–water partition coefficient (Wildman–Crippen LogP) is 6.30. The van der Waals surface area contributed by atoms with Crippen LogP contribution in [0.4, 0.5) is 18.9 Å². The minimum atomic E-state index is -4.43. The Hall–Kier alpha value is -3.61. The van der Waals surface area contributed by atoms with Crippen molar-refractivity contribution in [3.05, 3.63) is 95.1 Å². The molecule has 0 spiro atoms. The second-order valence-electron chi connectivity index (χ2n) is 7.00. The summed E-state index contributed by atoms with van der Waals surface area (Å²) in [6.07, 6.45) is -4.76. The van der Waals surface area contributed by atoms with E-state index in [4.69, 9.17) is 4.74 Å². The van der Waals surface area contributed by atoms with Crippen molar-refractivity contribution in [2.75, 3.05) is 5.32 Å². The summed E-state index contributed by atoms with van der Waals surface area (Å²) in [7, 11) is 0. The summed E-state index contributed by atoms with van der Waals surface area (Å²) >= 11 is 0. The quantitative estimate of drug-likeness (QED) is 0.470. The van der Waals surface area contributed by atoms with E-state index in [-0.39, 0.29) is 17.6 Å². The minimum absolute atomic E-state index is 0.0214. The average Bonchev–Trinajstić information content (AvgIpc) is 2.73. The highest BCUT2D eigenvalue weighted by molar-refractivity contribution is 6.04. The Labute approximate surface area is 177 Å². The SMILES string of the molecule is CC(=O)c1ccc(C(C)Oc2cccc(C(=O)Nc3ccc(C(F)(F)F)cc3)c2)cc1. The monoisotopic (exact) mass is 427 g/mol. The molecular weight excluding hydrogens is 407 g/mol. The van der Waals surface area contributed by atoms with E-state index in [1.807, 2.05) is 19.1 Å². The van der Waals surface area contributed by atoms with Gasteiger partial charge in [-0.2, -0.15) is 13.2 Å². The highest BCUT2D eigenvalue weighted by Crippen LogP contribution is 2.30. The van der Waals surface area contributed by atoms with Crippen molar-refractivity contribution >= 4 is 17.4 Å². The van der Waals surface area contributed by atoms with Gasteiger partial charge in [0.25, 0.3) is 5.91 Å². The Morgan fingerprint density at radius 3 is 2.13 bits per heavy atom. The summed E-state index contributed by atoms with van der Waals surface area (Å²) in [6.45, 7) is 3.34. The highest BCUT2D eigenvalue weighted by Gasteiger charge is 2.30. The molecule has 3 rings (SSSR count). The summed E-state index contributed by atoms with van der Waals surface area (Å²) in [6, 6.07) is 17.8. The van der Waals surface area contributed by atoms with Crippen LogP contribution in [0.3, 0.4) is 0 Å². The van der Waals surface area contributed by atoms with Gasteiger partial charge in [-0.25, -0.2) is 0 Å². The van der Waals surface area contributed by atoms with E-state index in [0.717, 1.165) is 17.7 Å². The summed E-state index contributed by atoms with van der Waals surface area (Å²) in [5, 5.41) is 2.57. The van der Waals surface area contributed by atoms with Gasteiger partial charge in [0.05, 0.1) is 5.56 Å². The van der Waals surface area contributed by atoms with Gasteiger partial charge in [0, 0.05) is 16.8 Å². The molecule has 4 nitrogen and oxygen atoms in total. The number of ketones is 1. The maximum atomic E-state index is 12.7. The number of hydrogen-bond donors (Lipinski definition) is 1. The normalized spacial score (nSPS) is 12.2. The first-order valence-corrected chi connectivity index (χ1v) is 9.50. The van der Waals surface area contributed by atoms with Crippen LogP contribution in [0.15, 0.2) is 72.8 Å². The van der Waals surface area contributed by atoms with E-state index in [2.05, 4.69) is 5.32 Å². The molecule has 1 unspecified atom stereocenters. The highest BCUT2D eigenvalue weighted by atomic mass is 19.4. The molecule has 31 heavy (non-hydrogen) atoms. The van der Waals surface area contributed by atoms with E-state index in [0.29, 0.717) is 16.9 Å². The number of carbonyl (C=O) groups excluding carboxylic acids is 2. The molecule has 3 aromatic carbocycles. The molecule has 0 aromatic heterocycles. The lowest BCUT2D eigenvalue weighted by atomic mass is 10.1. The molecule has 7 heteroatoms. The van der Waals surface area contributed by atoms with Crippen LogP contribution in [0.1, 0.15) is 51.8 Å². The minimum Gasteiger partial charge on any atom is -0.486 e. The third-order valence-electron chi connectivity index (χ3n) is 4.67. The molecule has 1 N–H and O–H groups in total.